The molecule has 0 saturated carbocycles. The fraction of sp³-hybridized carbons (Fsp3) is 0.300. The Morgan fingerprint density at radius 2 is 1.27 bits per heavy atom. The van der Waals surface area contributed by atoms with E-state index in [1.807, 2.05) is 39.8 Å². The number of ether oxygens (including phenoxy) is 1. The number of fused-ring (bicyclic) bond motifs is 1. The lowest BCUT2D eigenvalue weighted by Crippen LogP contribution is -2.17. The lowest BCUT2D eigenvalue weighted by molar-refractivity contribution is 0.0528. The number of carbonyl (C=O) groups excluding carboxylic acids is 1. The molecule has 0 atom stereocenters. The summed E-state index contributed by atoms with van der Waals surface area (Å²) < 4.78 is 63.8. The molecule has 10 heteroatoms. The van der Waals surface area contributed by atoms with Gasteiger partial charge >= 0.3 is 5.97 Å². The van der Waals surface area contributed by atoms with E-state index in [1.165, 1.54) is 18.2 Å². The summed E-state index contributed by atoms with van der Waals surface area (Å²) in [6.45, 7) is 14.3. The van der Waals surface area contributed by atoms with Crippen molar-refractivity contribution in [3.8, 4) is 0 Å². The number of sulfonamides is 1. The van der Waals surface area contributed by atoms with Crippen molar-refractivity contribution < 1.29 is 26.4 Å². The summed E-state index contributed by atoms with van der Waals surface area (Å²) in [7, 11) is -8.10. The van der Waals surface area contributed by atoms with Crippen molar-refractivity contribution in [2.75, 3.05) is 11.3 Å². The highest BCUT2D eigenvalue weighted by Crippen LogP contribution is 2.34. The highest BCUT2D eigenvalue weighted by atomic mass is 32.2. The molecule has 4 aromatic rings. The van der Waals surface area contributed by atoms with Crippen LogP contribution in [0, 0.1) is 48.5 Å². The fourth-order valence-electron chi connectivity index (χ4n) is 4.97. The molecule has 4 rings (SSSR count). The van der Waals surface area contributed by atoms with Gasteiger partial charge in [-0.05, 0) is 119 Å². The maximum Gasteiger partial charge on any atom is 0.340 e. The van der Waals surface area contributed by atoms with Crippen molar-refractivity contribution >= 4 is 42.6 Å². The summed E-state index contributed by atoms with van der Waals surface area (Å²) in [5, 5.41) is 0.262. The summed E-state index contributed by atoms with van der Waals surface area (Å²) in [6, 6.07) is 11.3. The molecule has 0 aliphatic carbocycles. The third-order valence-corrected chi connectivity index (χ3v) is 10.7. The lowest BCUT2D eigenvalue weighted by Gasteiger charge is -2.15. The maximum atomic E-state index is 14.0. The van der Waals surface area contributed by atoms with Gasteiger partial charge in [-0.1, -0.05) is 12.1 Å². The number of esters is 1. The summed E-state index contributed by atoms with van der Waals surface area (Å²) >= 11 is 0. The van der Waals surface area contributed by atoms with Gasteiger partial charge in [-0.15, -0.1) is 0 Å². The van der Waals surface area contributed by atoms with Crippen molar-refractivity contribution in [3.05, 3.63) is 87.1 Å². The van der Waals surface area contributed by atoms with Crippen LogP contribution in [-0.4, -0.2) is 33.4 Å². The second-order valence-corrected chi connectivity index (χ2v) is 13.6. The number of rotatable bonds is 7. The molecule has 0 aliphatic heterocycles. The average molecular weight is 583 g/mol. The van der Waals surface area contributed by atoms with E-state index in [2.05, 4.69) is 4.72 Å². The number of benzene rings is 3. The number of aryl methyl sites for hydroxylation is 6. The second kappa shape index (κ2) is 10.4. The Labute approximate surface area is 236 Å². The zero-order chi connectivity index (χ0) is 29.7. The molecule has 212 valence electrons. The molecule has 40 heavy (non-hydrogen) atoms. The Kier molecular flexibility index (Phi) is 7.64. The van der Waals surface area contributed by atoms with Crippen LogP contribution in [0.4, 0.5) is 5.69 Å². The van der Waals surface area contributed by atoms with Gasteiger partial charge in [0.15, 0.2) is 0 Å². The van der Waals surface area contributed by atoms with Crippen LogP contribution in [0.25, 0.3) is 10.9 Å². The molecule has 0 radical (unpaired) electrons. The monoisotopic (exact) mass is 582 g/mol. The summed E-state index contributed by atoms with van der Waals surface area (Å²) in [5.74, 6) is -0.694. The molecular weight excluding hydrogens is 548 g/mol. The van der Waals surface area contributed by atoms with E-state index in [0.717, 1.165) is 26.2 Å². The van der Waals surface area contributed by atoms with E-state index in [4.69, 9.17) is 4.74 Å². The van der Waals surface area contributed by atoms with E-state index in [1.54, 1.807) is 39.8 Å². The molecule has 0 unspecified atom stereocenters. The predicted octanol–water partition coefficient (Wildman–Crippen LogP) is 6.01. The molecular formula is C30H34N2O6S2. The van der Waals surface area contributed by atoms with E-state index >= 15 is 0 Å². The summed E-state index contributed by atoms with van der Waals surface area (Å²) in [5.41, 5.74) is 5.45. The lowest BCUT2D eigenvalue weighted by atomic mass is 10.1. The van der Waals surface area contributed by atoms with E-state index in [9.17, 15) is 21.6 Å². The van der Waals surface area contributed by atoms with Gasteiger partial charge in [0, 0.05) is 16.8 Å². The van der Waals surface area contributed by atoms with Crippen molar-refractivity contribution in [1.82, 2.24) is 3.97 Å². The van der Waals surface area contributed by atoms with Gasteiger partial charge in [-0.3, -0.25) is 4.72 Å². The second-order valence-electron chi connectivity index (χ2n) is 10.2. The van der Waals surface area contributed by atoms with Crippen LogP contribution in [0.3, 0.4) is 0 Å². The van der Waals surface area contributed by atoms with Gasteiger partial charge in [0.25, 0.3) is 20.0 Å². The van der Waals surface area contributed by atoms with Crippen LogP contribution in [-0.2, 0) is 24.8 Å². The van der Waals surface area contributed by atoms with Gasteiger partial charge in [0.1, 0.15) is 0 Å². The Morgan fingerprint density at radius 3 is 1.85 bits per heavy atom. The highest BCUT2D eigenvalue weighted by Gasteiger charge is 2.30. The number of nitrogens with zero attached hydrogens (tertiary/aromatic N) is 1. The van der Waals surface area contributed by atoms with Crippen molar-refractivity contribution in [2.45, 2.75) is 65.2 Å². The van der Waals surface area contributed by atoms with E-state index in [0.29, 0.717) is 11.1 Å². The number of aromatic nitrogens is 1. The first-order valence-electron chi connectivity index (χ1n) is 12.9. The molecule has 0 amide bonds. The van der Waals surface area contributed by atoms with Crippen molar-refractivity contribution in [1.29, 1.82) is 0 Å². The molecule has 0 bridgehead atoms. The Bertz CT molecular complexity index is 1900. The van der Waals surface area contributed by atoms with Crippen LogP contribution in [0.15, 0.2) is 52.3 Å². The molecule has 1 aromatic heterocycles. The van der Waals surface area contributed by atoms with Gasteiger partial charge in [0.05, 0.1) is 27.5 Å². The molecule has 1 heterocycles. The summed E-state index contributed by atoms with van der Waals surface area (Å²) in [4.78, 5) is 13.4. The minimum Gasteiger partial charge on any atom is -0.462 e. The molecule has 0 saturated heterocycles. The fourth-order valence-corrected chi connectivity index (χ4v) is 8.19. The van der Waals surface area contributed by atoms with Gasteiger partial charge in [-0.2, -0.15) is 0 Å². The zero-order valence-electron chi connectivity index (χ0n) is 24.0. The standard InChI is InChI=1S/C30H34N2O6S2/c1-9-38-30(33)29-23(8)32(40(36,37)28-15-20(5)18(3)13-22(28)7)26-11-10-24(16-25(26)29)31-39(34,35)27-14-19(4)17(2)12-21(27)6/h10-16,31H,9H2,1-8H3. The van der Waals surface area contributed by atoms with Gasteiger partial charge < -0.3 is 4.74 Å². The zero-order valence-corrected chi connectivity index (χ0v) is 25.6. The maximum absolute atomic E-state index is 14.0. The SMILES string of the molecule is CCOC(=O)c1c(C)n(S(=O)(=O)c2cc(C)c(C)cc2C)c2ccc(NS(=O)(=O)c3cc(C)c(C)cc3C)cc12. The molecule has 3 aromatic carbocycles. The number of anilines is 1. The van der Waals surface area contributed by atoms with Crippen LogP contribution >= 0.6 is 0 Å². The minimum absolute atomic E-state index is 0.0605. The Balaban J connectivity index is 1.94. The first kappa shape index (κ1) is 29.4. The third kappa shape index (κ3) is 5.01. The predicted molar refractivity (Wildman–Crippen MR) is 157 cm³/mol. The topological polar surface area (TPSA) is 112 Å². The number of nitrogens with one attached hydrogen (secondary N) is 1. The normalized spacial score (nSPS) is 12.1. The molecule has 1 N–H and O–H groups in total. The largest absolute Gasteiger partial charge is 0.462 e. The summed E-state index contributed by atoms with van der Waals surface area (Å²) in [6.07, 6.45) is 0. The third-order valence-electron chi connectivity index (χ3n) is 7.27. The van der Waals surface area contributed by atoms with Gasteiger partial charge in [-0.25, -0.2) is 25.6 Å². The van der Waals surface area contributed by atoms with E-state index < -0.39 is 26.0 Å². The van der Waals surface area contributed by atoms with Crippen LogP contribution in [0.5, 0.6) is 0 Å². The Hall–Kier alpha value is -3.63. The first-order valence-corrected chi connectivity index (χ1v) is 15.8. The Morgan fingerprint density at radius 1 is 0.750 bits per heavy atom. The molecule has 0 fully saturated rings. The molecule has 0 aliphatic rings. The first-order chi connectivity index (χ1) is 18.6. The molecule has 0 spiro atoms. The number of hydrogen-bond donors (Lipinski definition) is 1. The van der Waals surface area contributed by atoms with E-state index in [-0.39, 0.29) is 44.2 Å². The van der Waals surface area contributed by atoms with Crippen molar-refractivity contribution in [3.63, 3.8) is 0 Å². The van der Waals surface area contributed by atoms with Gasteiger partial charge in [0.2, 0.25) is 0 Å². The quantitative estimate of drug-likeness (QED) is 0.267. The van der Waals surface area contributed by atoms with Crippen LogP contribution in [0.2, 0.25) is 0 Å². The number of carbonyl (C=O) groups is 1. The van der Waals surface area contributed by atoms with Crippen LogP contribution < -0.4 is 4.72 Å². The minimum atomic E-state index is -4.13. The smallest absolute Gasteiger partial charge is 0.340 e. The average Bonchev–Trinajstić information content (AvgIpc) is 3.15. The number of hydrogen-bond acceptors (Lipinski definition) is 6. The molecule has 8 nitrogen and oxygen atoms in total. The highest BCUT2D eigenvalue weighted by molar-refractivity contribution is 7.92. The van der Waals surface area contributed by atoms with Crippen molar-refractivity contribution in [2.24, 2.45) is 0 Å². The van der Waals surface area contributed by atoms with Crippen LogP contribution in [0.1, 0.15) is 56.4 Å².